The van der Waals surface area contributed by atoms with Gasteiger partial charge in [0, 0.05) is 17.7 Å². The van der Waals surface area contributed by atoms with Crippen molar-refractivity contribution in [2.75, 3.05) is 5.32 Å². The number of amides is 1. The molecular formula is C18H16N2O4. The first-order valence-corrected chi connectivity index (χ1v) is 7.80. The topological polar surface area (TPSA) is 88.2 Å². The average molecular weight is 324 g/mol. The lowest BCUT2D eigenvalue weighted by Crippen LogP contribution is -2.07. The second-order valence-corrected chi connectivity index (χ2v) is 6.11. The predicted octanol–water partition coefficient (Wildman–Crippen LogP) is 3.49. The van der Waals surface area contributed by atoms with E-state index in [2.05, 4.69) is 17.2 Å². The molecule has 1 amide bonds. The number of rotatable bonds is 4. The number of benzene rings is 1. The Morgan fingerprint density at radius 1 is 1.29 bits per heavy atom. The summed E-state index contributed by atoms with van der Waals surface area (Å²) in [5, 5.41) is 2.73. The predicted molar refractivity (Wildman–Crippen MR) is 89.7 cm³/mol. The maximum atomic E-state index is 12.0. The Labute approximate surface area is 137 Å². The summed E-state index contributed by atoms with van der Waals surface area (Å²) >= 11 is 0. The van der Waals surface area contributed by atoms with Gasteiger partial charge in [0.05, 0.1) is 5.52 Å². The average Bonchev–Trinajstić information content (AvgIpc) is 2.97. The Morgan fingerprint density at radius 2 is 2.12 bits per heavy atom. The van der Waals surface area contributed by atoms with Crippen molar-refractivity contribution in [3.05, 3.63) is 58.5 Å². The number of fused-ring (bicyclic) bond motifs is 1. The number of carbonyl (C=O) groups is 1. The van der Waals surface area contributed by atoms with E-state index in [4.69, 9.17) is 8.83 Å². The van der Waals surface area contributed by atoms with Gasteiger partial charge < -0.3 is 14.2 Å². The van der Waals surface area contributed by atoms with Crippen LogP contribution < -0.4 is 11.1 Å². The second kappa shape index (κ2) is 5.56. The van der Waals surface area contributed by atoms with Gasteiger partial charge in [0.1, 0.15) is 11.5 Å². The van der Waals surface area contributed by atoms with Gasteiger partial charge in [0.2, 0.25) is 5.91 Å². The molecule has 1 aromatic carbocycles. The number of nitrogens with one attached hydrogen (secondary N) is 2. The van der Waals surface area contributed by atoms with E-state index in [1.807, 2.05) is 12.1 Å². The number of anilines is 1. The summed E-state index contributed by atoms with van der Waals surface area (Å²) in [6.07, 6.45) is 4.22. The number of hydrogen-bond acceptors (Lipinski definition) is 4. The smallest absolute Gasteiger partial charge is 0.417 e. The highest BCUT2D eigenvalue weighted by Crippen LogP contribution is 2.47. The molecule has 0 saturated heterocycles. The first-order chi connectivity index (χ1) is 11.6. The number of aromatic nitrogens is 1. The second-order valence-electron chi connectivity index (χ2n) is 6.11. The summed E-state index contributed by atoms with van der Waals surface area (Å²) in [6.45, 7) is 2.19. The molecule has 2 heterocycles. The maximum absolute atomic E-state index is 12.0. The van der Waals surface area contributed by atoms with E-state index in [9.17, 15) is 9.59 Å². The van der Waals surface area contributed by atoms with E-state index in [-0.39, 0.29) is 5.91 Å². The molecule has 1 aliphatic carbocycles. The van der Waals surface area contributed by atoms with E-state index in [1.165, 1.54) is 6.08 Å². The minimum atomic E-state index is -0.521. The molecule has 2 aromatic heterocycles. The molecule has 122 valence electrons. The van der Waals surface area contributed by atoms with Crippen LogP contribution in [0.3, 0.4) is 0 Å². The van der Waals surface area contributed by atoms with Crippen molar-refractivity contribution < 1.29 is 13.6 Å². The molecule has 2 atom stereocenters. The van der Waals surface area contributed by atoms with Crippen LogP contribution in [0.2, 0.25) is 0 Å². The third-order valence-corrected chi connectivity index (χ3v) is 4.21. The summed E-state index contributed by atoms with van der Waals surface area (Å²) < 4.78 is 10.6. The molecule has 24 heavy (non-hydrogen) atoms. The van der Waals surface area contributed by atoms with Gasteiger partial charge in [-0.2, -0.15) is 0 Å². The molecule has 6 heteroatoms. The van der Waals surface area contributed by atoms with Crippen molar-refractivity contribution >= 4 is 28.8 Å². The molecular weight excluding hydrogens is 308 g/mol. The molecule has 0 unspecified atom stereocenters. The summed E-state index contributed by atoms with van der Waals surface area (Å²) in [5.41, 5.74) is 1.56. The third-order valence-electron chi connectivity index (χ3n) is 4.21. The minimum absolute atomic E-state index is 0.280. The van der Waals surface area contributed by atoms with Gasteiger partial charge >= 0.3 is 5.76 Å². The number of furan rings is 1. The van der Waals surface area contributed by atoms with Crippen LogP contribution in [0.5, 0.6) is 0 Å². The quantitative estimate of drug-likeness (QED) is 0.719. The molecule has 6 nitrogen and oxygen atoms in total. The summed E-state index contributed by atoms with van der Waals surface area (Å²) in [4.78, 5) is 25.7. The fourth-order valence-electron chi connectivity index (χ4n) is 2.75. The molecule has 0 bridgehead atoms. The number of oxazole rings is 1. The van der Waals surface area contributed by atoms with Crippen molar-refractivity contribution in [3.63, 3.8) is 0 Å². The van der Waals surface area contributed by atoms with Crippen LogP contribution in [-0.2, 0) is 4.79 Å². The van der Waals surface area contributed by atoms with E-state index in [0.717, 1.165) is 12.2 Å². The number of carbonyl (C=O) groups excluding carboxylic acids is 1. The number of aromatic amines is 1. The van der Waals surface area contributed by atoms with Gasteiger partial charge in [-0.1, -0.05) is 6.92 Å². The Bertz CT molecular complexity index is 992. The van der Waals surface area contributed by atoms with Crippen LogP contribution in [0.1, 0.15) is 30.8 Å². The van der Waals surface area contributed by atoms with Gasteiger partial charge in [-0.05, 0) is 48.7 Å². The van der Waals surface area contributed by atoms with Crippen molar-refractivity contribution in [1.29, 1.82) is 0 Å². The van der Waals surface area contributed by atoms with E-state index in [0.29, 0.717) is 34.4 Å². The Kier molecular flexibility index (Phi) is 3.37. The fourth-order valence-corrected chi connectivity index (χ4v) is 2.75. The Morgan fingerprint density at radius 3 is 2.92 bits per heavy atom. The van der Waals surface area contributed by atoms with Crippen LogP contribution in [0.15, 0.2) is 50.0 Å². The van der Waals surface area contributed by atoms with Crippen molar-refractivity contribution in [1.82, 2.24) is 4.98 Å². The lowest BCUT2D eigenvalue weighted by Gasteiger charge is -2.01. The Balaban J connectivity index is 1.43. The first-order valence-electron chi connectivity index (χ1n) is 7.80. The van der Waals surface area contributed by atoms with Crippen LogP contribution in [-0.4, -0.2) is 10.9 Å². The van der Waals surface area contributed by atoms with Crippen LogP contribution in [0, 0.1) is 5.92 Å². The minimum Gasteiger partial charge on any atom is -0.461 e. The normalized spacial score (nSPS) is 19.9. The van der Waals surface area contributed by atoms with Crippen molar-refractivity contribution in [3.8, 4) is 0 Å². The Hall–Kier alpha value is -3.02. The van der Waals surface area contributed by atoms with Crippen LogP contribution in [0.25, 0.3) is 17.2 Å². The van der Waals surface area contributed by atoms with Crippen molar-refractivity contribution in [2.24, 2.45) is 5.92 Å². The number of hydrogen-bond donors (Lipinski definition) is 2. The van der Waals surface area contributed by atoms with Crippen LogP contribution >= 0.6 is 0 Å². The van der Waals surface area contributed by atoms with E-state index >= 15 is 0 Å². The molecule has 2 N–H and O–H groups in total. The van der Waals surface area contributed by atoms with Crippen molar-refractivity contribution in [2.45, 2.75) is 19.3 Å². The molecule has 1 saturated carbocycles. The molecule has 0 aliphatic heterocycles. The molecule has 4 rings (SSSR count). The molecule has 3 aromatic rings. The number of H-pyrrole nitrogens is 1. The summed E-state index contributed by atoms with van der Waals surface area (Å²) in [7, 11) is 0. The highest BCUT2D eigenvalue weighted by Gasteiger charge is 2.36. The highest BCUT2D eigenvalue weighted by molar-refractivity contribution is 6.02. The van der Waals surface area contributed by atoms with Crippen LogP contribution in [0.4, 0.5) is 5.69 Å². The molecule has 1 aliphatic rings. The lowest BCUT2D eigenvalue weighted by atomic mass is 10.2. The zero-order valence-electron chi connectivity index (χ0n) is 13.0. The summed E-state index contributed by atoms with van der Waals surface area (Å²) in [5.74, 6) is 2.04. The lowest BCUT2D eigenvalue weighted by molar-refractivity contribution is -0.111. The van der Waals surface area contributed by atoms with Gasteiger partial charge in [-0.15, -0.1) is 0 Å². The van der Waals surface area contributed by atoms with E-state index < -0.39 is 5.76 Å². The standard InChI is InChI=1S/C18H16N2O4/c1-10-8-13(10)15-6-3-12(23-15)4-7-17(21)19-11-2-5-16-14(9-11)20-18(22)24-16/h2-7,9-10,13H,8H2,1H3,(H,19,21)(H,20,22)/b7-4-/t10-,13+/m1/s1. The monoisotopic (exact) mass is 324 g/mol. The first kappa shape index (κ1) is 14.6. The van der Waals surface area contributed by atoms with Gasteiger partial charge in [0.15, 0.2) is 5.58 Å². The third kappa shape index (κ3) is 2.90. The molecule has 1 fully saturated rings. The molecule has 0 spiro atoms. The van der Waals surface area contributed by atoms with Gasteiger partial charge in [-0.25, -0.2) is 4.79 Å². The zero-order valence-corrected chi connectivity index (χ0v) is 13.0. The summed E-state index contributed by atoms with van der Waals surface area (Å²) in [6, 6.07) is 8.78. The highest BCUT2D eigenvalue weighted by atomic mass is 16.4. The SMILES string of the molecule is C[C@@H]1C[C@@H]1c1ccc(/C=C\C(=O)Nc2ccc3oc(=O)[nH]c3c2)o1. The zero-order chi connectivity index (χ0) is 16.7. The van der Waals surface area contributed by atoms with Gasteiger partial charge in [0.25, 0.3) is 0 Å². The maximum Gasteiger partial charge on any atom is 0.417 e. The van der Waals surface area contributed by atoms with Gasteiger partial charge in [-0.3, -0.25) is 9.78 Å². The molecule has 0 radical (unpaired) electrons. The van der Waals surface area contributed by atoms with E-state index in [1.54, 1.807) is 24.3 Å². The fraction of sp³-hybridized carbons (Fsp3) is 0.222. The largest absolute Gasteiger partial charge is 0.461 e.